The number of carbonyl (C=O) groups is 3. The summed E-state index contributed by atoms with van der Waals surface area (Å²) in [7, 11) is 0. The molecular weight excluding hydrogens is 1300 g/mol. The van der Waals surface area contributed by atoms with Gasteiger partial charge in [0.2, 0.25) is 0 Å². The third-order valence-corrected chi connectivity index (χ3v) is 11.6. The molecule has 5 aromatic rings. The van der Waals surface area contributed by atoms with Crippen LogP contribution >= 0.6 is 12.6 Å². The average molecular weight is 1420 g/mol. The molecule has 27 nitrogen and oxygen atoms in total. The molecule has 0 saturated heterocycles. The number of hydrogen-bond donors (Lipinski definition) is 6. The van der Waals surface area contributed by atoms with Crippen molar-refractivity contribution in [3.8, 4) is 23.0 Å². The van der Waals surface area contributed by atoms with E-state index < -0.39 is 37.4 Å². The van der Waals surface area contributed by atoms with Crippen molar-refractivity contribution in [3.63, 3.8) is 0 Å². The van der Waals surface area contributed by atoms with Gasteiger partial charge in [0, 0.05) is 80.5 Å². The summed E-state index contributed by atoms with van der Waals surface area (Å²) in [5, 5.41) is 48.2. The Bertz CT molecular complexity index is 2920. The van der Waals surface area contributed by atoms with Gasteiger partial charge in [-0.05, 0) is 181 Å². The number of hydrogen-bond acceptors (Lipinski definition) is 22. The first kappa shape index (κ1) is 94.3. The molecule has 6 N–H and O–H groups in total. The van der Waals surface area contributed by atoms with E-state index in [2.05, 4.69) is 28.6 Å². The molecule has 0 aliphatic rings. The number of thiol groups is 1. The van der Waals surface area contributed by atoms with Crippen LogP contribution in [0.5, 0.6) is 23.0 Å². The predicted octanol–water partition coefficient (Wildman–Crippen LogP) is 14.7. The van der Waals surface area contributed by atoms with Crippen molar-refractivity contribution in [3.05, 3.63) is 157 Å². The molecule has 0 heterocycles. The number of benzene rings is 5. The SMILES string of the molecule is CC.CC.CCN(CCOc1ccc(N)cc1)C(=O)OC(C)(C)C.CCN(CCOc1ccc(NCS)cc1)C(=O)OC(C)(C)C.CCN(CCOc1ccc([N+](=O)[O-])cc1)C(=O)OC(C)(C)C.CCNCCO.CCNCCOc1ccc([N+](=O)[O-])cc1.O=[N+]([O-])c1ccc(F)cc1. The van der Waals surface area contributed by atoms with Crippen molar-refractivity contribution in [2.45, 2.75) is 141 Å². The van der Waals surface area contributed by atoms with Crippen molar-refractivity contribution in [2.24, 2.45) is 0 Å². The van der Waals surface area contributed by atoms with E-state index in [9.17, 15) is 49.1 Å². The lowest BCUT2D eigenvalue weighted by Crippen LogP contribution is -2.38. The van der Waals surface area contributed by atoms with Crippen LogP contribution in [0.1, 0.15) is 125 Å². The van der Waals surface area contributed by atoms with E-state index in [0.29, 0.717) is 82.2 Å². The van der Waals surface area contributed by atoms with Crippen molar-refractivity contribution in [1.82, 2.24) is 25.3 Å². The zero-order chi connectivity index (χ0) is 76.0. The third-order valence-electron chi connectivity index (χ3n) is 11.5. The summed E-state index contributed by atoms with van der Waals surface area (Å²) in [6, 6.07) is 31.0. The van der Waals surface area contributed by atoms with Crippen LogP contribution in [0.4, 0.5) is 47.2 Å². The summed E-state index contributed by atoms with van der Waals surface area (Å²) in [4.78, 5) is 70.0. The second kappa shape index (κ2) is 55.0. The van der Waals surface area contributed by atoms with Gasteiger partial charge in [0.05, 0.1) is 46.9 Å². The molecule has 0 spiro atoms. The van der Waals surface area contributed by atoms with E-state index in [1.165, 1.54) is 41.3 Å². The van der Waals surface area contributed by atoms with Crippen LogP contribution in [0, 0.1) is 36.2 Å². The summed E-state index contributed by atoms with van der Waals surface area (Å²) >= 11 is 4.10. The van der Waals surface area contributed by atoms with Gasteiger partial charge in [-0.25, -0.2) is 18.8 Å². The number of anilines is 2. The molecule has 0 bridgehead atoms. The Labute approximate surface area is 591 Å². The number of aliphatic hydroxyl groups is 1. The zero-order valence-corrected chi connectivity index (χ0v) is 62.3. The number of nitrogens with zero attached hydrogens (tertiary/aromatic N) is 6. The fourth-order valence-corrected chi connectivity index (χ4v) is 7.01. The molecule has 29 heteroatoms. The van der Waals surface area contributed by atoms with E-state index >= 15 is 0 Å². The Kier molecular flexibility index (Phi) is 52.4. The number of carbonyl (C=O) groups excluding carboxylic acids is 3. The highest BCUT2D eigenvalue weighted by molar-refractivity contribution is 7.80. The number of nitrogen functional groups attached to an aromatic ring is 1. The number of nitro groups is 3. The summed E-state index contributed by atoms with van der Waals surface area (Å²) in [6.07, 6.45) is -1.02. The Hall–Kier alpha value is -8.93. The summed E-state index contributed by atoms with van der Waals surface area (Å²) in [5.41, 5.74) is 5.77. The van der Waals surface area contributed by atoms with Gasteiger partial charge < -0.3 is 74.6 Å². The normalized spacial score (nSPS) is 10.2. The van der Waals surface area contributed by atoms with Crippen LogP contribution in [0.2, 0.25) is 0 Å². The predicted molar refractivity (Wildman–Crippen MR) is 393 cm³/mol. The second-order valence-electron chi connectivity index (χ2n) is 22.7. The monoisotopic (exact) mass is 1420 g/mol. The fraction of sp³-hybridized carbons (Fsp3) is 0.529. The molecule has 0 aliphatic carbocycles. The number of nitro benzene ring substituents is 3. The number of halogens is 1. The van der Waals surface area contributed by atoms with E-state index in [4.69, 9.17) is 44.0 Å². The molecule has 0 aromatic heterocycles. The van der Waals surface area contributed by atoms with E-state index in [1.54, 1.807) is 46.2 Å². The highest BCUT2D eigenvalue weighted by Gasteiger charge is 2.23. The van der Waals surface area contributed by atoms with Crippen LogP contribution in [-0.2, 0) is 14.2 Å². The Balaban J connectivity index is -0.00000114. The Morgan fingerprint density at radius 3 is 1.00 bits per heavy atom. The first-order valence-corrected chi connectivity index (χ1v) is 33.5. The van der Waals surface area contributed by atoms with Crippen LogP contribution in [0.3, 0.4) is 0 Å². The topological polar surface area (TPSA) is 337 Å². The molecular formula is C70H113FN10O17S. The van der Waals surface area contributed by atoms with Gasteiger partial charge >= 0.3 is 18.3 Å². The lowest BCUT2D eigenvalue weighted by molar-refractivity contribution is -0.385. The molecule has 558 valence electrons. The van der Waals surface area contributed by atoms with Gasteiger partial charge in [-0.15, -0.1) is 0 Å². The average Bonchev–Trinajstić information content (AvgIpc) is 1.44. The van der Waals surface area contributed by atoms with Gasteiger partial charge in [-0.1, -0.05) is 41.5 Å². The van der Waals surface area contributed by atoms with Gasteiger partial charge in [-0.2, -0.15) is 12.6 Å². The highest BCUT2D eigenvalue weighted by atomic mass is 32.1. The summed E-state index contributed by atoms with van der Waals surface area (Å²) in [6.45, 7) is 42.6. The number of non-ortho nitro benzene ring substituents is 3. The van der Waals surface area contributed by atoms with Gasteiger partial charge in [0.25, 0.3) is 17.1 Å². The smallest absolute Gasteiger partial charge is 0.410 e. The minimum absolute atomic E-state index is 0.0105. The second-order valence-corrected chi connectivity index (χ2v) is 23.0. The lowest BCUT2D eigenvalue weighted by atomic mass is 10.2. The molecule has 0 fully saturated rings. The minimum Gasteiger partial charge on any atom is -0.492 e. The third kappa shape index (κ3) is 50.1. The number of nitrogens with one attached hydrogen (secondary N) is 3. The van der Waals surface area contributed by atoms with E-state index in [0.717, 1.165) is 67.6 Å². The van der Waals surface area contributed by atoms with Crippen molar-refractivity contribution in [1.29, 1.82) is 0 Å². The number of nitrogens with two attached hydrogens (primary N) is 1. The van der Waals surface area contributed by atoms with Crippen LogP contribution in [0.15, 0.2) is 121 Å². The molecule has 5 rings (SSSR count). The largest absolute Gasteiger partial charge is 0.492 e. The van der Waals surface area contributed by atoms with Crippen molar-refractivity contribution >= 4 is 59.3 Å². The molecule has 3 amide bonds. The van der Waals surface area contributed by atoms with E-state index in [1.807, 2.05) is 149 Å². The number of aliphatic hydroxyl groups excluding tert-OH is 1. The Morgan fingerprint density at radius 2 is 0.747 bits per heavy atom. The maximum Gasteiger partial charge on any atom is 0.410 e. The molecule has 0 saturated carbocycles. The molecule has 0 unspecified atom stereocenters. The number of likely N-dealkylation sites (N-methyl/N-ethyl adjacent to an activating group) is 5. The lowest BCUT2D eigenvalue weighted by Gasteiger charge is -2.26. The van der Waals surface area contributed by atoms with Crippen LogP contribution in [-0.4, -0.2) is 174 Å². The van der Waals surface area contributed by atoms with Gasteiger partial charge in [0.15, 0.2) is 0 Å². The number of rotatable bonds is 28. The zero-order valence-electron chi connectivity index (χ0n) is 61.4. The molecule has 0 radical (unpaired) electrons. The molecule has 5 aromatic carbocycles. The first-order valence-electron chi connectivity index (χ1n) is 32.9. The first-order chi connectivity index (χ1) is 46.7. The maximum absolute atomic E-state index is 12.1. The standard InChI is InChI=1S/C16H26N2O3S.C15H22N2O5.C15H24N2O3.C10H14N2O3.C6H4FNO2.C4H11NO.2C2H6/c1-5-18(15(19)21-16(2,3)4)10-11-20-14-8-6-13(7-9-14)17-12-22;1-5-16(14(18)22-15(2,3)4)10-11-21-13-8-6-12(7-9-13)17(19)20;1-5-17(14(18)20-15(2,3)4)10-11-19-13-8-6-12(16)7-9-13;1-2-11-7-8-15-10-5-3-9(4-6-10)12(13)14;7-5-1-3-6(4-2-5)8(9)10;1-2-5-3-4-6;2*1-2/h6-9,17,22H,5,10-12H2,1-4H3;6-9H,5,10-11H2,1-4H3;6-9H,5,10-11,16H2,1-4H3;3-6,11H,2,7-8H2,1H3;1-4H;5-6H,2-4H2,1H3;2*1-2H3. The van der Waals surface area contributed by atoms with Crippen LogP contribution < -0.4 is 40.6 Å². The van der Waals surface area contributed by atoms with Crippen molar-refractivity contribution in [2.75, 3.05) is 115 Å². The highest BCUT2D eigenvalue weighted by Crippen LogP contribution is 2.21. The maximum atomic E-state index is 12.1. The minimum atomic E-state index is -0.570. The summed E-state index contributed by atoms with van der Waals surface area (Å²) in [5.74, 6) is 2.79. The molecule has 0 aliphatic heterocycles. The fourth-order valence-electron chi connectivity index (χ4n) is 6.82. The number of amides is 3. The quantitative estimate of drug-likeness (QED) is 0.00515. The Morgan fingerprint density at radius 1 is 0.475 bits per heavy atom. The number of ether oxygens (including phenoxy) is 7. The van der Waals surface area contributed by atoms with Crippen LogP contribution in [0.25, 0.3) is 0 Å². The van der Waals surface area contributed by atoms with Crippen molar-refractivity contribution < 1.29 is 71.8 Å². The van der Waals surface area contributed by atoms with E-state index in [-0.39, 0.29) is 48.6 Å². The molecule has 0 atom stereocenters. The van der Waals surface area contributed by atoms with Gasteiger partial charge in [-0.3, -0.25) is 30.3 Å². The molecule has 99 heavy (non-hydrogen) atoms. The summed E-state index contributed by atoms with van der Waals surface area (Å²) < 4.78 is 50.2. The van der Waals surface area contributed by atoms with Gasteiger partial charge in [0.1, 0.15) is 72.0 Å².